The van der Waals surface area contributed by atoms with Gasteiger partial charge < -0.3 is 19.9 Å². The molecule has 1 aliphatic carbocycles. The summed E-state index contributed by atoms with van der Waals surface area (Å²) in [6.45, 7) is 7.74. The van der Waals surface area contributed by atoms with Crippen LogP contribution in [0, 0.1) is 5.92 Å². The molecule has 0 radical (unpaired) electrons. The Balaban J connectivity index is 1.58. The lowest BCUT2D eigenvalue weighted by molar-refractivity contribution is -0.276. The van der Waals surface area contributed by atoms with Crippen LogP contribution >= 0.6 is 34.8 Å². The fourth-order valence-corrected chi connectivity index (χ4v) is 5.43. The number of ether oxygens (including phenoxy) is 2. The van der Waals surface area contributed by atoms with Gasteiger partial charge in [-0.1, -0.05) is 97.0 Å². The lowest BCUT2D eigenvalue weighted by atomic mass is 9.89. The molecule has 1 saturated carbocycles. The summed E-state index contributed by atoms with van der Waals surface area (Å²) in [5.41, 5.74) is 3.21. The molecule has 9 heteroatoms. The van der Waals surface area contributed by atoms with Crippen molar-refractivity contribution < 1.29 is 19.4 Å². The summed E-state index contributed by atoms with van der Waals surface area (Å²) in [5, 5.41) is 12.1. The third-order valence-corrected chi connectivity index (χ3v) is 7.96. The Labute approximate surface area is 239 Å². The number of carbonyl (C=O) groups excluding carboxylic acids is 1. The summed E-state index contributed by atoms with van der Waals surface area (Å²) in [7, 11) is 0. The minimum atomic E-state index is -2.05. The topological polar surface area (TPSA) is 71.0 Å². The first-order valence-electron chi connectivity index (χ1n) is 13.0. The predicted octanol–water partition coefficient (Wildman–Crippen LogP) is 6.71. The zero-order valence-electron chi connectivity index (χ0n) is 21.5. The third kappa shape index (κ3) is 7.30. The van der Waals surface area contributed by atoms with Crippen molar-refractivity contribution in [1.82, 2.24) is 4.90 Å². The Hall–Kier alpha value is -1.64. The van der Waals surface area contributed by atoms with Crippen LogP contribution in [-0.2, 0) is 20.9 Å². The van der Waals surface area contributed by atoms with Gasteiger partial charge in [0.1, 0.15) is 0 Å². The number of carbonyl (C=O) groups is 1. The zero-order chi connectivity index (χ0) is 27.3. The Morgan fingerprint density at radius 2 is 1.71 bits per heavy atom. The van der Waals surface area contributed by atoms with Crippen LogP contribution in [0.2, 0.25) is 0 Å². The zero-order valence-corrected chi connectivity index (χ0v) is 23.8. The number of nitrogens with zero attached hydrogens (tertiary/aromatic N) is 1. The molecule has 0 bridgehead atoms. The van der Waals surface area contributed by atoms with Crippen LogP contribution in [0.25, 0.3) is 0 Å². The normalized spacial score (nSPS) is 24.5. The van der Waals surface area contributed by atoms with Crippen LogP contribution in [0.1, 0.15) is 61.7 Å². The smallest absolute Gasteiger partial charge is 0.276 e. The van der Waals surface area contributed by atoms with Gasteiger partial charge in [0.25, 0.3) is 9.70 Å². The van der Waals surface area contributed by atoms with E-state index >= 15 is 0 Å². The highest BCUT2D eigenvalue weighted by atomic mass is 35.6. The lowest BCUT2D eigenvalue weighted by Crippen LogP contribution is -2.47. The number of anilines is 1. The number of halogens is 3. The number of aliphatic hydroxyl groups is 1. The van der Waals surface area contributed by atoms with E-state index in [9.17, 15) is 9.90 Å². The van der Waals surface area contributed by atoms with E-state index in [1.807, 2.05) is 42.5 Å². The van der Waals surface area contributed by atoms with Crippen LogP contribution in [0.15, 0.2) is 61.2 Å². The first kappa shape index (κ1) is 29.3. The van der Waals surface area contributed by atoms with Crippen molar-refractivity contribution in [1.29, 1.82) is 0 Å². The van der Waals surface area contributed by atoms with Gasteiger partial charge in [0.15, 0.2) is 6.29 Å². The fraction of sp³-hybridized carbons (Fsp3) is 0.483. The first-order chi connectivity index (χ1) is 18.2. The molecule has 2 aromatic carbocycles. The highest BCUT2D eigenvalue weighted by molar-refractivity contribution is 6.76. The third-order valence-electron chi connectivity index (χ3n) is 7.44. The average Bonchev–Trinajstić information content (AvgIpc) is 3.44. The van der Waals surface area contributed by atoms with Gasteiger partial charge in [-0.3, -0.25) is 9.69 Å². The molecule has 2 aliphatic rings. The summed E-state index contributed by atoms with van der Waals surface area (Å²) < 4.78 is 11.1. The van der Waals surface area contributed by atoms with Crippen LogP contribution in [-0.4, -0.2) is 44.9 Å². The molecule has 4 atom stereocenters. The maximum absolute atomic E-state index is 12.0. The van der Waals surface area contributed by atoms with E-state index < -0.39 is 16.0 Å². The molecule has 2 fully saturated rings. The molecular formula is C29H35Cl3N2O4. The van der Waals surface area contributed by atoms with Crippen molar-refractivity contribution in [2.24, 2.45) is 5.92 Å². The molecule has 4 unspecified atom stereocenters. The van der Waals surface area contributed by atoms with Crippen molar-refractivity contribution in [2.45, 2.75) is 67.5 Å². The second-order valence-electron chi connectivity index (χ2n) is 10.1. The number of hydrogen-bond donors (Lipinski definition) is 2. The molecule has 1 saturated heterocycles. The van der Waals surface area contributed by atoms with E-state index in [0.29, 0.717) is 11.7 Å². The van der Waals surface area contributed by atoms with Gasteiger partial charge in [-0.25, -0.2) is 0 Å². The maximum Gasteiger partial charge on any atom is 0.276 e. The first-order valence-corrected chi connectivity index (χ1v) is 14.2. The number of nitrogens with one attached hydrogen (secondary N) is 1. The number of rotatable bonds is 9. The fourth-order valence-electron chi connectivity index (χ4n) is 5.29. The van der Waals surface area contributed by atoms with Crippen molar-refractivity contribution in [3.8, 4) is 0 Å². The average molecular weight is 582 g/mol. The number of benzene rings is 2. The quantitative estimate of drug-likeness (QED) is 0.254. The summed E-state index contributed by atoms with van der Waals surface area (Å²) in [6, 6.07) is 15.6. The standard InChI is InChI=1S/C29H35Cl3N2O4/c1-3-16-34(24-6-4-5-7-24)17-25-19(2)26(21-10-8-20(18-35)9-11-21)38-27(37-25)22-12-14-23(15-13-22)33-28(36)29(30,31)32/h3,8-15,19,24-27,35H,1,4-7,16-18H2,2H3,(H,33,36). The second kappa shape index (κ2) is 13.1. The highest BCUT2D eigenvalue weighted by Crippen LogP contribution is 2.42. The van der Waals surface area contributed by atoms with Crippen molar-refractivity contribution >= 4 is 46.4 Å². The monoisotopic (exact) mass is 580 g/mol. The molecule has 1 aliphatic heterocycles. The van der Waals surface area contributed by atoms with E-state index in [4.69, 9.17) is 44.3 Å². The molecule has 2 aromatic rings. The minimum Gasteiger partial charge on any atom is -0.392 e. The lowest BCUT2D eigenvalue weighted by Gasteiger charge is -2.43. The van der Waals surface area contributed by atoms with Crippen LogP contribution in [0.5, 0.6) is 0 Å². The van der Waals surface area contributed by atoms with Gasteiger partial charge in [0.2, 0.25) is 0 Å². The van der Waals surface area contributed by atoms with Gasteiger partial charge in [0.05, 0.1) is 18.8 Å². The predicted molar refractivity (Wildman–Crippen MR) is 152 cm³/mol. The van der Waals surface area contributed by atoms with Gasteiger partial charge in [-0.05, 0) is 36.1 Å². The van der Waals surface area contributed by atoms with Crippen molar-refractivity contribution in [2.75, 3.05) is 18.4 Å². The molecule has 206 valence electrons. The van der Waals surface area contributed by atoms with Gasteiger partial charge >= 0.3 is 0 Å². The molecule has 6 nitrogen and oxygen atoms in total. The molecule has 4 rings (SSSR count). The van der Waals surface area contributed by atoms with Gasteiger partial charge in [-0.2, -0.15) is 0 Å². The van der Waals surface area contributed by atoms with E-state index in [-0.39, 0.29) is 24.7 Å². The molecule has 2 N–H and O–H groups in total. The molecule has 1 heterocycles. The molecule has 38 heavy (non-hydrogen) atoms. The van der Waals surface area contributed by atoms with E-state index in [2.05, 4.69) is 23.7 Å². The molecule has 1 amide bonds. The SMILES string of the molecule is C=CCN(CC1OC(c2ccc(NC(=O)C(Cl)(Cl)Cl)cc2)OC(c2ccc(CO)cc2)C1C)C1CCCC1. The van der Waals surface area contributed by atoms with Crippen LogP contribution < -0.4 is 5.32 Å². The number of aliphatic hydroxyl groups excluding tert-OH is 1. The molecular weight excluding hydrogens is 547 g/mol. The van der Waals surface area contributed by atoms with Crippen LogP contribution in [0.4, 0.5) is 5.69 Å². The van der Waals surface area contributed by atoms with E-state index in [1.165, 1.54) is 25.7 Å². The molecule has 0 spiro atoms. The minimum absolute atomic E-state index is 0.00518. The summed E-state index contributed by atoms with van der Waals surface area (Å²) >= 11 is 17.0. The Kier molecular flexibility index (Phi) is 10.1. The largest absolute Gasteiger partial charge is 0.392 e. The number of alkyl halides is 3. The summed E-state index contributed by atoms with van der Waals surface area (Å²) in [5.74, 6) is -0.641. The second-order valence-corrected chi connectivity index (χ2v) is 12.4. The summed E-state index contributed by atoms with van der Waals surface area (Å²) in [4.78, 5) is 14.5. The Bertz CT molecular complexity index is 1070. The Morgan fingerprint density at radius 1 is 1.08 bits per heavy atom. The van der Waals surface area contributed by atoms with E-state index in [1.54, 1.807) is 12.1 Å². The van der Waals surface area contributed by atoms with Crippen LogP contribution in [0.3, 0.4) is 0 Å². The van der Waals surface area contributed by atoms with Crippen molar-refractivity contribution in [3.63, 3.8) is 0 Å². The molecule has 0 aromatic heterocycles. The van der Waals surface area contributed by atoms with Gasteiger partial charge in [0, 0.05) is 36.3 Å². The maximum atomic E-state index is 12.0. The number of amides is 1. The van der Waals surface area contributed by atoms with Gasteiger partial charge in [-0.15, -0.1) is 6.58 Å². The highest BCUT2D eigenvalue weighted by Gasteiger charge is 2.40. The van der Waals surface area contributed by atoms with E-state index in [0.717, 1.165) is 29.8 Å². The van der Waals surface area contributed by atoms with Crippen molar-refractivity contribution in [3.05, 3.63) is 77.9 Å². The summed E-state index contributed by atoms with van der Waals surface area (Å²) in [6.07, 6.45) is 5.98. The Morgan fingerprint density at radius 3 is 2.29 bits per heavy atom. The number of hydrogen-bond acceptors (Lipinski definition) is 5.